The van der Waals surface area contributed by atoms with Crippen molar-refractivity contribution in [2.75, 3.05) is 27.2 Å². The van der Waals surface area contributed by atoms with Crippen LogP contribution in [0.5, 0.6) is 5.75 Å². The van der Waals surface area contributed by atoms with Crippen LogP contribution in [0.2, 0.25) is 0 Å². The van der Waals surface area contributed by atoms with E-state index in [1.807, 2.05) is 18.2 Å². The zero-order valence-electron chi connectivity index (χ0n) is 23.3. The van der Waals surface area contributed by atoms with Crippen LogP contribution in [0.25, 0.3) is 0 Å². The van der Waals surface area contributed by atoms with Gasteiger partial charge in [-0.25, -0.2) is 0 Å². The maximum atomic E-state index is 12.3. The van der Waals surface area contributed by atoms with E-state index in [1.54, 1.807) is 0 Å². The van der Waals surface area contributed by atoms with Gasteiger partial charge in [0.1, 0.15) is 25.0 Å². The summed E-state index contributed by atoms with van der Waals surface area (Å²) in [5.41, 5.74) is 2.68. The lowest BCUT2D eigenvalue weighted by Gasteiger charge is -2.29. The minimum absolute atomic E-state index is 0.117. The molecule has 4 heteroatoms. The number of ether oxygens (including phenoxy) is 2. The zero-order chi connectivity index (χ0) is 26.1. The van der Waals surface area contributed by atoms with Crippen LogP contribution in [0, 0.1) is 0 Å². The molecule has 0 fully saturated rings. The van der Waals surface area contributed by atoms with Gasteiger partial charge in [0.25, 0.3) is 0 Å². The van der Waals surface area contributed by atoms with Gasteiger partial charge in [0.05, 0.1) is 27.1 Å². The van der Waals surface area contributed by atoms with E-state index >= 15 is 0 Å². The number of quaternary nitrogens is 1. The first-order chi connectivity index (χ1) is 17.4. The fourth-order valence-electron chi connectivity index (χ4n) is 4.51. The van der Waals surface area contributed by atoms with E-state index in [9.17, 15) is 4.79 Å². The number of rotatable bonds is 19. The van der Waals surface area contributed by atoms with Crippen molar-refractivity contribution in [3.63, 3.8) is 0 Å². The van der Waals surface area contributed by atoms with E-state index < -0.39 is 0 Å². The van der Waals surface area contributed by atoms with Gasteiger partial charge in [-0.3, -0.25) is 4.79 Å². The van der Waals surface area contributed by atoms with Crippen LogP contribution in [0.4, 0.5) is 0 Å². The summed E-state index contributed by atoms with van der Waals surface area (Å²) in [4.78, 5) is 12.3. The molecule has 0 N–H and O–H groups in total. The summed E-state index contributed by atoms with van der Waals surface area (Å²) in [5.74, 6) is 0.711. The maximum absolute atomic E-state index is 12.3. The van der Waals surface area contributed by atoms with E-state index in [0.717, 1.165) is 42.6 Å². The van der Waals surface area contributed by atoms with Gasteiger partial charge in [-0.1, -0.05) is 94.8 Å². The molecule has 2 rings (SSSR count). The number of esters is 1. The van der Waals surface area contributed by atoms with E-state index in [4.69, 9.17) is 9.47 Å². The van der Waals surface area contributed by atoms with Crippen molar-refractivity contribution in [1.82, 2.24) is 0 Å². The molecule has 0 aliphatic heterocycles. The van der Waals surface area contributed by atoms with Crippen LogP contribution in [0.3, 0.4) is 0 Å². The first-order valence-corrected chi connectivity index (χ1v) is 14.2. The fourth-order valence-corrected chi connectivity index (χ4v) is 4.51. The summed E-state index contributed by atoms with van der Waals surface area (Å²) in [6.45, 7) is 6.52. The molecule has 0 saturated heterocycles. The molecule has 0 bridgehead atoms. The van der Waals surface area contributed by atoms with Crippen molar-refractivity contribution in [3.05, 3.63) is 65.7 Å². The average molecular weight is 497 g/mol. The van der Waals surface area contributed by atoms with Gasteiger partial charge in [0.2, 0.25) is 0 Å². The zero-order valence-corrected chi connectivity index (χ0v) is 23.3. The molecule has 0 radical (unpaired) electrons. The monoisotopic (exact) mass is 496 g/mol. The molecule has 0 aliphatic rings. The third-order valence-corrected chi connectivity index (χ3v) is 6.78. The van der Waals surface area contributed by atoms with E-state index in [0.29, 0.717) is 13.0 Å². The average Bonchev–Trinajstić information content (AvgIpc) is 2.87. The quantitative estimate of drug-likeness (QED) is 0.113. The third-order valence-electron chi connectivity index (χ3n) is 6.78. The van der Waals surface area contributed by atoms with Crippen molar-refractivity contribution in [1.29, 1.82) is 0 Å². The summed E-state index contributed by atoms with van der Waals surface area (Å²) in [7, 11) is 4.42. The Bertz CT molecular complexity index is 832. The highest BCUT2D eigenvalue weighted by atomic mass is 16.6. The van der Waals surface area contributed by atoms with Crippen LogP contribution < -0.4 is 4.74 Å². The highest BCUT2D eigenvalue weighted by molar-refractivity contribution is 5.69. The van der Waals surface area contributed by atoms with Gasteiger partial charge in [0.15, 0.2) is 0 Å². The minimum Gasteiger partial charge on any atom is -0.487 e. The minimum atomic E-state index is -0.137. The van der Waals surface area contributed by atoms with E-state index in [-0.39, 0.29) is 12.1 Å². The number of carbonyl (C=O) groups excluding carboxylic acids is 1. The van der Waals surface area contributed by atoms with Crippen molar-refractivity contribution in [2.45, 2.75) is 97.1 Å². The molecule has 36 heavy (non-hydrogen) atoms. The predicted octanol–water partition coefficient (Wildman–Crippen LogP) is 7.74. The van der Waals surface area contributed by atoms with E-state index in [1.165, 1.54) is 56.1 Å². The topological polar surface area (TPSA) is 35.5 Å². The van der Waals surface area contributed by atoms with Crippen LogP contribution >= 0.6 is 0 Å². The summed E-state index contributed by atoms with van der Waals surface area (Å²) < 4.78 is 12.5. The fraction of sp³-hybridized carbons (Fsp3) is 0.594. The number of unbranched alkanes of at least 4 members (excludes halogenated alkanes) is 6. The van der Waals surface area contributed by atoms with Crippen molar-refractivity contribution in [2.24, 2.45) is 0 Å². The van der Waals surface area contributed by atoms with Crippen molar-refractivity contribution >= 4 is 5.97 Å². The molecule has 200 valence electrons. The number of hydrogen-bond donors (Lipinski definition) is 0. The third kappa shape index (κ3) is 13.1. The van der Waals surface area contributed by atoms with Gasteiger partial charge < -0.3 is 14.0 Å². The largest absolute Gasteiger partial charge is 0.487 e. The number of carbonyl (C=O) groups is 1. The molecule has 4 nitrogen and oxygen atoms in total. The number of aryl methyl sites for hydroxylation is 1. The summed E-state index contributed by atoms with van der Waals surface area (Å²) in [6.07, 6.45) is 12.4. The van der Waals surface area contributed by atoms with Gasteiger partial charge in [-0.05, 0) is 37.0 Å². The predicted molar refractivity (Wildman–Crippen MR) is 150 cm³/mol. The molecular weight excluding hydrogens is 446 g/mol. The molecule has 1 unspecified atom stereocenters. The summed E-state index contributed by atoms with van der Waals surface area (Å²) >= 11 is 0. The number of hydrogen-bond acceptors (Lipinski definition) is 3. The Morgan fingerprint density at radius 1 is 0.806 bits per heavy atom. The lowest BCUT2D eigenvalue weighted by atomic mass is 10.0. The maximum Gasteiger partial charge on any atom is 0.306 e. The van der Waals surface area contributed by atoms with Crippen LogP contribution in [-0.2, 0) is 22.5 Å². The molecule has 0 spiro atoms. The molecule has 0 saturated carbocycles. The second-order valence-corrected chi connectivity index (χ2v) is 10.8. The van der Waals surface area contributed by atoms with Crippen molar-refractivity contribution in [3.8, 4) is 5.75 Å². The highest BCUT2D eigenvalue weighted by Crippen LogP contribution is 2.18. The van der Waals surface area contributed by atoms with Gasteiger partial charge in [-0.15, -0.1) is 0 Å². The standard InChI is InChI=1S/C32H50NO3/c1-5-7-8-9-10-11-13-17-28-21-23-31(24-22-28)36-30(6-2)27-35-32(34)20-16-25-33(3,4)26-29-18-14-12-15-19-29/h12,14-15,18-19,21-24,30H,5-11,13,16-17,20,25-27H2,1-4H3/q+1. The van der Waals surface area contributed by atoms with E-state index in [2.05, 4.69) is 64.3 Å². The first-order valence-electron chi connectivity index (χ1n) is 14.2. The SMILES string of the molecule is CCCCCCCCCc1ccc(OC(CC)COC(=O)CCC[N+](C)(C)Cc2ccccc2)cc1. The number of nitrogens with zero attached hydrogens (tertiary/aromatic N) is 1. The normalized spacial score (nSPS) is 12.3. The first kappa shape index (κ1) is 29.9. The smallest absolute Gasteiger partial charge is 0.306 e. The molecule has 0 heterocycles. The Kier molecular flexibility index (Phi) is 14.3. The van der Waals surface area contributed by atoms with Gasteiger partial charge in [0, 0.05) is 12.0 Å². The van der Waals surface area contributed by atoms with Crippen molar-refractivity contribution < 1.29 is 18.8 Å². The molecule has 0 aliphatic carbocycles. The van der Waals surface area contributed by atoms with Gasteiger partial charge in [-0.2, -0.15) is 0 Å². The molecule has 2 aromatic carbocycles. The molecule has 0 aromatic heterocycles. The van der Waals surface area contributed by atoms with Crippen LogP contribution in [0.1, 0.15) is 89.2 Å². The highest BCUT2D eigenvalue weighted by Gasteiger charge is 2.17. The van der Waals surface area contributed by atoms with Gasteiger partial charge >= 0.3 is 5.97 Å². The lowest BCUT2D eigenvalue weighted by molar-refractivity contribution is -0.903. The Morgan fingerprint density at radius 2 is 1.47 bits per heavy atom. The molecule has 1 atom stereocenters. The van der Waals surface area contributed by atoms with Crippen LogP contribution in [0.15, 0.2) is 54.6 Å². The Morgan fingerprint density at radius 3 is 2.14 bits per heavy atom. The molecular formula is C32H50NO3+. The second kappa shape index (κ2) is 17.2. The van der Waals surface area contributed by atoms with Crippen LogP contribution in [-0.4, -0.2) is 43.8 Å². The summed E-state index contributed by atoms with van der Waals surface area (Å²) in [6, 6.07) is 18.9. The molecule has 2 aromatic rings. The Labute approximate surface area is 220 Å². The second-order valence-electron chi connectivity index (χ2n) is 10.8. The lowest BCUT2D eigenvalue weighted by Crippen LogP contribution is -2.39. The number of benzene rings is 2. The Balaban J connectivity index is 1.62. The molecule has 0 amide bonds. The Hall–Kier alpha value is -2.33. The summed E-state index contributed by atoms with van der Waals surface area (Å²) in [5, 5.41) is 0.